The maximum absolute atomic E-state index is 5.32. The summed E-state index contributed by atoms with van der Waals surface area (Å²) in [5.74, 6) is 2.62. The molecule has 0 saturated heterocycles. The molecule has 148 valence electrons. The lowest BCUT2D eigenvalue weighted by molar-refractivity contribution is 0.318. The Labute approximate surface area is 162 Å². The molecule has 2 rings (SSSR count). The van der Waals surface area contributed by atoms with E-state index in [2.05, 4.69) is 70.8 Å². The first-order chi connectivity index (χ1) is 12.7. The van der Waals surface area contributed by atoms with Gasteiger partial charge >= 0.3 is 0 Å². The molecule has 0 aliphatic carbocycles. The molecule has 2 aromatic rings. The highest BCUT2D eigenvalue weighted by atomic mass is 16.5. The highest BCUT2D eigenvalue weighted by molar-refractivity contribution is 5.80. The van der Waals surface area contributed by atoms with Crippen LogP contribution in [0.15, 0.2) is 33.8 Å². The number of hydrogen-bond acceptors (Lipinski definition) is 4. The molecular weight excluding hydrogens is 338 g/mol. The van der Waals surface area contributed by atoms with Crippen LogP contribution in [0.2, 0.25) is 0 Å². The molecule has 0 spiro atoms. The molecule has 1 atom stereocenters. The van der Waals surface area contributed by atoms with Gasteiger partial charge in [0.15, 0.2) is 11.8 Å². The summed E-state index contributed by atoms with van der Waals surface area (Å²) in [6.45, 7) is 13.2. The van der Waals surface area contributed by atoms with Crippen molar-refractivity contribution >= 4 is 5.96 Å². The van der Waals surface area contributed by atoms with Crippen molar-refractivity contribution in [3.63, 3.8) is 0 Å². The maximum Gasteiger partial charge on any atom is 0.232 e. The first-order valence-electron chi connectivity index (χ1n) is 9.58. The van der Waals surface area contributed by atoms with Gasteiger partial charge in [-0.25, -0.2) is 0 Å². The molecule has 6 heteroatoms. The van der Waals surface area contributed by atoms with Crippen molar-refractivity contribution < 1.29 is 4.52 Å². The molecule has 1 aromatic heterocycles. The maximum atomic E-state index is 5.32. The Morgan fingerprint density at radius 2 is 1.81 bits per heavy atom. The first-order valence-corrected chi connectivity index (χ1v) is 9.58. The van der Waals surface area contributed by atoms with E-state index in [0.29, 0.717) is 30.1 Å². The minimum Gasteiger partial charge on any atom is -0.350 e. The molecule has 0 saturated carbocycles. The van der Waals surface area contributed by atoms with Gasteiger partial charge in [0.05, 0.1) is 12.6 Å². The predicted molar refractivity (Wildman–Crippen MR) is 110 cm³/mol. The summed E-state index contributed by atoms with van der Waals surface area (Å²) in [7, 11) is 1.75. The van der Waals surface area contributed by atoms with Gasteiger partial charge in [-0.1, -0.05) is 64.0 Å². The van der Waals surface area contributed by atoms with Crippen LogP contribution in [0.1, 0.15) is 70.4 Å². The van der Waals surface area contributed by atoms with E-state index in [9.17, 15) is 0 Å². The zero-order chi connectivity index (χ0) is 20.0. The second kappa shape index (κ2) is 9.02. The van der Waals surface area contributed by atoms with Crippen LogP contribution in [0.4, 0.5) is 0 Å². The Hall–Kier alpha value is -2.37. The van der Waals surface area contributed by atoms with Gasteiger partial charge in [-0.3, -0.25) is 4.99 Å². The predicted octanol–water partition coefficient (Wildman–Crippen LogP) is 3.99. The van der Waals surface area contributed by atoms with E-state index >= 15 is 0 Å². The molecule has 6 nitrogen and oxygen atoms in total. The van der Waals surface area contributed by atoms with Gasteiger partial charge < -0.3 is 15.2 Å². The van der Waals surface area contributed by atoms with Crippen molar-refractivity contribution in [2.75, 3.05) is 7.05 Å². The van der Waals surface area contributed by atoms with E-state index in [1.807, 2.05) is 20.8 Å². The Morgan fingerprint density at radius 3 is 2.33 bits per heavy atom. The number of aliphatic imine (C=N–C) groups is 1. The fourth-order valence-corrected chi connectivity index (χ4v) is 2.69. The van der Waals surface area contributed by atoms with Crippen LogP contribution in [-0.4, -0.2) is 23.1 Å². The second-order valence-corrected chi connectivity index (χ2v) is 8.40. The molecule has 2 N–H and O–H groups in total. The van der Waals surface area contributed by atoms with Crippen molar-refractivity contribution in [3.8, 4) is 0 Å². The molecule has 1 heterocycles. The molecule has 0 bridgehead atoms. The van der Waals surface area contributed by atoms with Crippen LogP contribution < -0.4 is 10.6 Å². The number of benzene rings is 1. The molecule has 0 radical (unpaired) electrons. The van der Waals surface area contributed by atoms with Gasteiger partial charge in [0.1, 0.15) is 0 Å². The lowest BCUT2D eigenvalue weighted by Gasteiger charge is -2.18. The van der Waals surface area contributed by atoms with Crippen LogP contribution in [-0.2, 0) is 18.4 Å². The first kappa shape index (κ1) is 20.9. The largest absolute Gasteiger partial charge is 0.350 e. The molecule has 0 fully saturated rings. The quantitative estimate of drug-likeness (QED) is 0.593. The minimum absolute atomic E-state index is 0.139. The summed E-state index contributed by atoms with van der Waals surface area (Å²) in [6.07, 6.45) is 1.10. The van der Waals surface area contributed by atoms with Crippen LogP contribution in [0.25, 0.3) is 0 Å². The fourth-order valence-electron chi connectivity index (χ4n) is 2.69. The summed E-state index contributed by atoms with van der Waals surface area (Å²) < 4.78 is 5.32. The number of nitrogens with one attached hydrogen (secondary N) is 2. The van der Waals surface area contributed by atoms with Gasteiger partial charge in [0.25, 0.3) is 0 Å². The Morgan fingerprint density at radius 1 is 1.15 bits per heavy atom. The molecule has 1 unspecified atom stereocenters. The third-order valence-electron chi connectivity index (χ3n) is 4.22. The monoisotopic (exact) mass is 371 g/mol. The number of hydrogen-bond donors (Lipinski definition) is 2. The number of aromatic nitrogens is 2. The lowest BCUT2D eigenvalue weighted by atomic mass is 9.97. The van der Waals surface area contributed by atoms with Crippen LogP contribution in [0.3, 0.4) is 0 Å². The minimum atomic E-state index is -0.151. The van der Waals surface area contributed by atoms with E-state index < -0.39 is 0 Å². The molecule has 0 amide bonds. The van der Waals surface area contributed by atoms with Crippen molar-refractivity contribution in [2.24, 2.45) is 10.9 Å². The van der Waals surface area contributed by atoms with E-state index in [0.717, 1.165) is 6.42 Å². The second-order valence-electron chi connectivity index (χ2n) is 8.40. The summed E-state index contributed by atoms with van der Waals surface area (Å²) in [5, 5.41) is 10.7. The summed E-state index contributed by atoms with van der Waals surface area (Å²) >= 11 is 0. The van der Waals surface area contributed by atoms with Gasteiger partial charge in [0, 0.05) is 12.5 Å². The van der Waals surface area contributed by atoms with Gasteiger partial charge in [0.2, 0.25) is 5.89 Å². The normalized spacial score (nSPS) is 13.7. The summed E-state index contributed by atoms with van der Waals surface area (Å²) in [6, 6.07) is 8.91. The smallest absolute Gasteiger partial charge is 0.232 e. The fraction of sp³-hybridized carbons (Fsp3) is 0.571. The van der Waals surface area contributed by atoms with Crippen LogP contribution in [0.5, 0.6) is 0 Å². The Balaban J connectivity index is 1.91. The molecule has 0 aliphatic heterocycles. The van der Waals surface area contributed by atoms with Crippen molar-refractivity contribution in [1.29, 1.82) is 0 Å². The zero-order valence-corrected chi connectivity index (χ0v) is 17.6. The molecular formula is C21H33N5O. The van der Waals surface area contributed by atoms with Gasteiger partial charge in [-0.05, 0) is 30.4 Å². The topological polar surface area (TPSA) is 75.3 Å². The SMILES string of the molecule is CN=C(NCc1noc(C(C)(C)C)n1)NC(C)c1ccc(CC(C)C)cc1. The molecule has 27 heavy (non-hydrogen) atoms. The average Bonchev–Trinajstić information content (AvgIpc) is 3.08. The lowest BCUT2D eigenvalue weighted by Crippen LogP contribution is -2.38. The van der Waals surface area contributed by atoms with Crippen molar-refractivity contribution in [1.82, 2.24) is 20.8 Å². The zero-order valence-electron chi connectivity index (χ0n) is 17.6. The van der Waals surface area contributed by atoms with Crippen molar-refractivity contribution in [3.05, 3.63) is 47.1 Å². The van der Waals surface area contributed by atoms with Crippen LogP contribution in [0, 0.1) is 5.92 Å². The van der Waals surface area contributed by atoms with Crippen LogP contribution >= 0.6 is 0 Å². The summed E-state index contributed by atoms with van der Waals surface area (Å²) in [4.78, 5) is 8.72. The third kappa shape index (κ3) is 6.38. The average molecular weight is 372 g/mol. The van der Waals surface area contributed by atoms with E-state index in [4.69, 9.17) is 4.52 Å². The van der Waals surface area contributed by atoms with Crippen molar-refractivity contribution in [2.45, 2.75) is 66.0 Å². The number of rotatable bonds is 6. The van der Waals surface area contributed by atoms with E-state index in [-0.39, 0.29) is 11.5 Å². The standard InChI is InChI=1S/C21H33N5O/c1-14(2)12-16-8-10-17(11-9-16)15(3)24-20(22-7)23-13-18-25-19(27-26-18)21(4,5)6/h8-11,14-15H,12-13H2,1-7H3,(H2,22,23,24). The number of guanidine groups is 1. The third-order valence-corrected chi connectivity index (χ3v) is 4.22. The molecule has 1 aromatic carbocycles. The Kier molecular flexibility index (Phi) is 6.99. The van der Waals surface area contributed by atoms with E-state index in [1.165, 1.54) is 11.1 Å². The highest BCUT2D eigenvalue weighted by Crippen LogP contribution is 2.19. The number of nitrogens with zero attached hydrogens (tertiary/aromatic N) is 3. The van der Waals surface area contributed by atoms with Gasteiger partial charge in [-0.2, -0.15) is 4.98 Å². The Bertz CT molecular complexity index is 741. The summed E-state index contributed by atoms with van der Waals surface area (Å²) in [5.41, 5.74) is 2.44. The molecule has 0 aliphatic rings. The highest BCUT2D eigenvalue weighted by Gasteiger charge is 2.21. The van der Waals surface area contributed by atoms with E-state index in [1.54, 1.807) is 7.05 Å². The van der Waals surface area contributed by atoms with Gasteiger partial charge in [-0.15, -0.1) is 0 Å².